The molecule has 30 heavy (non-hydrogen) atoms. The maximum atomic E-state index is 11.3. The third-order valence-electron chi connectivity index (χ3n) is 4.23. The zero-order valence-electron chi connectivity index (χ0n) is 16.1. The molecule has 2 aliphatic rings. The summed E-state index contributed by atoms with van der Waals surface area (Å²) in [6.07, 6.45) is -1.29. The lowest BCUT2D eigenvalue weighted by Crippen LogP contribution is -2.13. The average Bonchev–Trinajstić information content (AvgIpc) is 3.45. The van der Waals surface area contributed by atoms with Crippen molar-refractivity contribution in [1.82, 2.24) is 0 Å². The van der Waals surface area contributed by atoms with E-state index in [2.05, 4.69) is 25.4 Å². The molecule has 2 aromatic rings. The molecular weight excluding hydrogens is 464 g/mol. The number of carbonyl (C=O) groups is 2. The number of alkyl halides is 1. The summed E-state index contributed by atoms with van der Waals surface area (Å²) in [7, 11) is 2.57. The molecule has 160 valence electrons. The Morgan fingerprint density at radius 1 is 0.833 bits per heavy atom. The normalized spacial score (nSPS) is 14.8. The maximum absolute atomic E-state index is 11.3. The number of methoxy groups -OCH3 is 2. The Balaban J connectivity index is 0.000000171. The summed E-state index contributed by atoms with van der Waals surface area (Å²) in [5.41, 5.74) is 1.21. The van der Waals surface area contributed by atoms with E-state index in [1.54, 1.807) is 36.4 Å². The molecule has 4 rings (SSSR count). The van der Waals surface area contributed by atoms with Crippen LogP contribution in [-0.4, -0.2) is 44.9 Å². The van der Waals surface area contributed by atoms with Gasteiger partial charge in [0.25, 0.3) is 0 Å². The molecule has 0 saturated carbocycles. The van der Waals surface area contributed by atoms with Gasteiger partial charge < -0.3 is 33.5 Å². The van der Waals surface area contributed by atoms with Crippen LogP contribution in [0, 0.1) is 0 Å². The van der Waals surface area contributed by atoms with Crippen molar-refractivity contribution in [2.75, 3.05) is 27.8 Å². The molecule has 10 heteroatoms. The van der Waals surface area contributed by atoms with Crippen molar-refractivity contribution >= 4 is 27.9 Å². The lowest BCUT2D eigenvalue weighted by atomic mass is 10.1. The van der Waals surface area contributed by atoms with Crippen LogP contribution in [0.2, 0.25) is 0 Å². The number of hydrogen-bond acceptors (Lipinski definition) is 9. The number of ether oxygens (including phenoxy) is 6. The van der Waals surface area contributed by atoms with Gasteiger partial charge in [-0.25, -0.2) is 4.79 Å². The quantitative estimate of drug-likeness (QED) is 0.519. The minimum absolute atomic E-state index is 0.160. The van der Waals surface area contributed by atoms with Gasteiger partial charge in [-0.1, -0.05) is 28.1 Å². The van der Waals surface area contributed by atoms with Crippen molar-refractivity contribution in [2.45, 2.75) is 10.9 Å². The Morgan fingerprint density at radius 3 is 1.83 bits per heavy atom. The number of hydrogen-bond donors (Lipinski definition) is 1. The number of fused-ring (bicyclic) bond motifs is 2. The molecule has 0 aromatic heterocycles. The molecule has 0 bridgehead atoms. The highest BCUT2D eigenvalue weighted by molar-refractivity contribution is 9.09. The van der Waals surface area contributed by atoms with Crippen LogP contribution >= 0.6 is 15.9 Å². The predicted molar refractivity (Wildman–Crippen MR) is 106 cm³/mol. The predicted octanol–water partition coefficient (Wildman–Crippen LogP) is 2.65. The van der Waals surface area contributed by atoms with Crippen LogP contribution < -0.4 is 18.9 Å². The second kappa shape index (κ2) is 9.68. The molecule has 0 amide bonds. The molecule has 2 unspecified atom stereocenters. The second-order valence-corrected chi connectivity index (χ2v) is 6.95. The molecule has 2 heterocycles. The largest absolute Gasteiger partial charge is 0.468 e. The van der Waals surface area contributed by atoms with Gasteiger partial charge >= 0.3 is 11.9 Å². The molecule has 0 radical (unpaired) electrons. The van der Waals surface area contributed by atoms with Crippen molar-refractivity contribution in [3.05, 3.63) is 47.5 Å². The van der Waals surface area contributed by atoms with E-state index < -0.39 is 16.9 Å². The molecule has 0 fully saturated rings. The molecule has 2 aromatic carbocycles. The third kappa shape index (κ3) is 4.77. The van der Waals surface area contributed by atoms with E-state index in [0.29, 0.717) is 28.6 Å². The minimum atomic E-state index is -1.29. The summed E-state index contributed by atoms with van der Waals surface area (Å²) in [5.74, 6) is 1.44. The first-order valence-electron chi connectivity index (χ1n) is 8.71. The molecule has 2 atom stereocenters. The van der Waals surface area contributed by atoms with Crippen molar-refractivity contribution in [3.8, 4) is 23.0 Å². The SMILES string of the molecule is COC(=O)C(Br)c1ccc2c(c1)OCO2.COC(=O)C(O)c1ccc2c(c1)OCO2. The topological polar surface area (TPSA) is 110 Å². The zero-order chi connectivity index (χ0) is 21.7. The highest BCUT2D eigenvalue weighted by Gasteiger charge is 2.22. The highest BCUT2D eigenvalue weighted by atomic mass is 79.9. The Morgan fingerprint density at radius 2 is 1.30 bits per heavy atom. The fourth-order valence-electron chi connectivity index (χ4n) is 2.64. The summed E-state index contributed by atoms with van der Waals surface area (Å²) in [5, 5.41) is 9.55. The van der Waals surface area contributed by atoms with E-state index >= 15 is 0 Å². The van der Waals surface area contributed by atoms with Gasteiger partial charge in [0.15, 0.2) is 29.1 Å². The van der Waals surface area contributed by atoms with E-state index in [9.17, 15) is 14.7 Å². The fraction of sp³-hybridized carbons (Fsp3) is 0.300. The van der Waals surface area contributed by atoms with E-state index in [4.69, 9.17) is 18.9 Å². The van der Waals surface area contributed by atoms with Gasteiger partial charge in [-0.3, -0.25) is 4.79 Å². The van der Waals surface area contributed by atoms with Gasteiger partial charge in [0.05, 0.1) is 14.2 Å². The van der Waals surface area contributed by atoms with Crippen LogP contribution in [0.25, 0.3) is 0 Å². The molecule has 2 aliphatic heterocycles. The van der Waals surface area contributed by atoms with Gasteiger partial charge in [0.2, 0.25) is 13.6 Å². The lowest BCUT2D eigenvalue weighted by molar-refractivity contribution is -0.150. The zero-order valence-corrected chi connectivity index (χ0v) is 17.7. The minimum Gasteiger partial charge on any atom is -0.468 e. The number of aliphatic hydroxyl groups is 1. The number of benzene rings is 2. The first kappa shape index (κ1) is 21.7. The molecule has 9 nitrogen and oxygen atoms in total. The highest BCUT2D eigenvalue weighted by Crippen LogP contribution is 2.36. The molecule has 1 N–H and O–H groups in total. The van der Waals surface area contributed by atoms with Crippen LogP contribution in [0.1, 0.15) is 22.1 Å². The Labute approximate surface area is 180 Å². The van der Waals surface area contributed by atoms with E-state index in [0.717, 1.165) is 5.56 Å². The van der Waals surface area contributed by atoms with Gasteiger partial charge in [-0.2, -0.15) is 0 Å². The summed E-state index contributed by atoms with van der Waals surface area (Å²) < 4.78 is 29.6. The van der Waals surface area contributed by atoms with Crippen LogP contribution in [0.5, 0.6) is 23.0 Å². The number of esters is 2. The summed E-state index contributed by atoms with van der Waals surface area (Å²) in [4.78, 5) is 21.9. The number of halogens is 1. The standard InChI is InChI=1S/C10H9BrO4.C10H10O5/c2*1-13-10(12)9(11)6-2-3-7-8(4-6)15-5-14-7/h2-4,9H,5H2,1H3;2-4,9,11H,5H2,1H3. The Hall–Kier alpha value is -2.98. The van der Waals surface area contributed by atoms with Crippen LogP contribution in [0.3, 0.4) is 0 Å². The summed E-state index contributed by atoms with van der Waals surface area (Å²) in [6.45, 7) is 0.386. The number of aliphatic hydroxyl groups excluding tert-OH is 1. The first-order valence-corrected chi connectivity index (χ1v) is 9.63. The molecular formula is C20H19BrO9. The van der Waals surface area contributed by atoms with E-state index in [1.807, 2.05) is 0 Å². The molecule has 0 saturated heterocycles. The molecule has 0 spiro atoms. The maximum Gasteiger partial charge on any atom is 0.339 e. The fourth-order valence-corrected chi connectivity index (χ4v) is 3.11. The van der Waals surface area contributed by atoms with Gasteiger partial charge in [0.1, 0.15) is 4.83 Å². The van der Waals surface area contributed by atoms with Gasteiger partial charge in [0, 0.05) is 0 Å². The summed E-state index contributed by atoms with van der Waals surface area (Å²) in [6, 6.07) is 10.1. The van der Waals surface area contributed by atoms with Crippen molar-refractivity contribution in [1.29, 1.82) is 0 Å². The van der Waals surface area contributed by atoms with Crippen LogP contribution in [0.15, 0.2) is 36.4 Å². The van der Waals surface area contributed by atoms with Crippen LogP contribution in [0.4, 0.5) is 0 Å². The van der Waals surface area contributed by atoms with Crippen molar-refractivity contribution in [3.63, 3.8) is 0 Å². The average molecular weight is 483 g/mol. The number of carbonyl (C=O) groups excluding carboxylic acids is 2. The van der Waals surface area contributed by atoms with Gasteiger partial charge in [-0.05, 0) is 35.4 Å². The van der Waals surface area contributed by atoms with Crippen molar-refractivity contribution < 1.29 is 43.1 Å². The van der Waals surface area contributed by atoms with Gasteiger partial charge in [-0.15, -0.1) is 0 Å². The Bertz CT molecular complexity index is 855. The third-order valence-corrected chi connectivity index (χ3v) is 5.14. The number of rotatable bonds is 4. The molecule has 0 aliphatic carbocycles. The van der Waals surface area contributed by atoms with E-state index in [-0.39, 0.29) is 19.6 Å². The van der Waals surface area contributed by atoms with Crippen molar-refractivity contribution in [2.24, 2.45) is 0 Å². The van der Waals surface area contributed by atoms with Crippen LogP contribution in [-0.2, 0) is 19.1 Å². The van der Waals surface area contributed by atoms with E-state index in [1.165, 1.54) is 14.2 Å². The smallest absolute Gasteiger partial charge is 0.339 e. The first-order chi connectivity index (χ1) is 14.4. The second-order valence-electron chi connectivity index (χ2n) is 6.04. The monoisotopic (exact) mass is 482 g/mol. The lowest BCUT2D eigenvalue weighted by Gasteiger charge is -2.08. The summed E-state index contributed by atoms with van der Waals surface area (Å²) >= 11 is 3.25. The Kier molecular flexibility index (Phi) is 7.01.